The topological polar surface area (TPSA) is 55.1 Å². The van der Waals surface area contributed by atoms with Crippen molar-refractivity contribution >= 4 is 5.91 Å². The lowest BCUT2D eigenvalue weighted by atomic mass is 9.86. The summed E-state index contributed by atoms with van der Waals surface area (Å²) in [4.78, 5) is 11.9. The maximum atomic E-state index is 13.1. The van der Waals surface area contributed by atoms with Crippen LogP contribution in [0.4, 0.5) is 4.39 Å². The van der Waals surface area contributed by atoms with E-state index in [2.05, 4.69) is 5.32 Å². The minimum Gasteiger partial charge on any atom is -0.348 e. The van der Waals surface area contributed by atoms with Crippen LogP contribution >= 0.6 is 0 Å². The number of carbonyl (C=O) groups is 1. The Hall–Kier alpha value is -1.42. The van der Waals surface area contributed by atoms with Gasteiger partial charge in [0.25, 0.3) is 0 Å². The molecule has 2 atom stereocenters. The van der Waals surface area contributed by atoms with Crippen LogP contribution in [0.5, 0.6) is 0 Å². The average molecular weight is 252 g/mol. The van der Waals surface area contributed by atoms with Crippen molar-refractivity contribution in [1.29, 1.82) is 0 Å². The van der Waals surface area contributed by atoms with Crippen molar-refractivity contribution in [3.63, 3.8) is 0 Å². The number of hydrogen-bond acceptors (Lipinski definition) is 2. The standard InChI is InChI=1S/C14H21FN2O/c1-9(10-6-5-7-11(15)8-10)17-13(18)12(16)14(2,3)4/h5-9,12H,16H2,1-4H3,(H,17,18)/t9-,12-/m1/s1. The summed E-state index contributed by atoms with van der Waals surface area (Å²) < 4.78 is 13.1. The van der Waals surface area contributed by atoms with Gasteiger partial charge in [-0.25, -0.2) is 4.39 Å². The van der Waals surface area contributed by atoms with Crippen LogP contribution in [0, 0.1) is 11.2 Å². The molecule has 18 heavy (non-hydrogen) atoms. The molecule has 0 aromatic heterocycles. The molecule has 3 N–H and O–H groups in total. The number of halogens is 1. The quantitative estimate of drug-likeness (QED) is 0.867. The van der Waals surface area contributed by atoms with E-state index in [1.165, 1.54) is 12.1 Å². The van der Waals surface area contributed by atoms with Crippen molar-refractivity contribution in [1.82, 2.24) is 5.32 Å². The lowest BCUT2D eigenvalue weighted by Gasteiger charge is -2.27. The Labute approximate surface area is 108 Å². The third kappa shape index (κ3) is 3.81. The molecule has 1 aromatic carbocycles. The van der Waals surface area contributed by atoms with Crippen LogP contribution in [0.2, 0.25) is 0 Å². The lowest BCUT2D eigenvalue weighted by molar-refractivity contribution is -0.125. The van der Waals surface area contributed by atoms with Crippen LogP contribution < -0.4 is 11.1 Å². The van der Waals surface area contributed by atoms with E-state index in [4.69, 9.17) is 5.73 Å². The Bertz CT molecular complexity index is 426. The van der Waals surface area contributed by atoms with Gasteiger partial charge >= 0.3 is 0 Å². The average Bonchev–Trinajstić information content (AvgIpc) is 2.26. The van der Waals surface area contributed by atoms with Crippen molar-refractivity contribution in [2.45, 2.75) is 39.8 Å². The Kier molecular flexibility index (Phi) is 4.46. The molecule has 4 heteroatoms. The summed E-state index contributed by atoms with van der Waals surface area (Å²) in [5.41, 5.74) is 6.29. The van der Waals surface area contributed by atoms with E-state index < -0.39 is 6.04 Å². The summed E-state index contributed by atoms with van der Waals surface area (Å²) in [5.74, 6) is -0.534. The highest BCUT2D eigenvalue weighted by Gasteiger charge is 2.28. The predicted octanol–water partition coefficient (Wildman–Crippen LogP) is 2.38. The summed E-state index contributed by atoms with van der Waals surface area (Å²) in [6.07, 6.45) is 0. The van der Waals surface area contributed by atoms with Crippen LogP contribution in [0.25, 0.3) is 0 Å². The highest BCUT2D eigenvalue weighted by molar-refractivity contribution is 5.82. The summed E-state index contributed by atoms with van der Waals surface area (Å²) in [6, 6.07) is 5.33. The minimum atomic E-state index is -0.589. The van der Waals surface area contributed by atoms with Crippen LogP contribution in [0.3, 0.4) is 0 Å². The molecule has 0 fully saturated rings. The van der Waals surface area contributed by atoms with Gasteiger partial charge in [0.15, 0.2) is 0 Å². The Balaban J connectivity index is 2.71. The zero-order valence-corrected chi connectivity index (χ0v) is 11.3. The molecule has 0 unspecified atom stereocenters. The maximum absolute atomic E-state index is 13.1. The van der Waals surface area contributed by atoms with Gasteiger partial charge < -0.3 is 11.1 Å². The second-order valence-corrected chi connectivity index (χ2v) is 5.63. The summed E-state index contributed by atoms with van der Waals surface area (Å²) >= 11 is 0. The monoisotopic (exact) mass is 252 g/mol. The fraction of sp³-hybridized carbons (Fsp3) is 0.500. The van der Waals surface area contributed by atoms with Gasteiger partial charge in [-0.1, -0.05) is 32.9 Å². The molecule has 100 valence electrons. The van der Waals surface area contributed by atoms with E-state index >= 15 is 0 Å². The van der Waals surface area contributed by atoms with Gasteiger partial charge in [-0.2, -0.15) is 0 Å². The highest BCUT2D eigenvalue weighted by Crippen LogP contribution is 2.19. The van der Waals surface area contributed by atoms with E-state index in [1.54, 1.807) is 12.1 Å². The van der Waals surface area contributed by atoms with Gasteiger partial charge in [0, 0.05) is 0 Å². The Morgan fingerprint density at radius 2 is 2.00 bits per heavy atom. The van der Waals surface area contributed by atoms with Crippen molar-refractivity contribution in [3.05, 3.63) is 35.6 Å². The Morgan fingerprint density at radius 3 is 2.50 bits per heavy atom. The van der Waals surface area contributed by atoms with E-state index in [1.807, 2.05) is 27.7 Å². The largest absolute Gasteiger partial charge is 0.348 e. The molecule has 0 heterocycles. The molecule has 0 aliphatic heterocycles. The van der Waals surface area contributed by atoms with Crippen molar-refractivity contribution in [3.8, 4) is 0 Å². The zero-order valence-electron chi connectivity index (χ0n) is 11.3. The summed E-state index contributed by atoms with van der Waals surface area (Å²) in [7, 11) is 0. The zero-order chi connectivity index (χ0) is 13.9. The summed E-state index contributed by atoms with van der Waals surface area (Å²) in [5, 5.41) is 2.80. The van der Waals surface area contributed by atoms with E-state index in [0.29, 0.717) is 0 Å². The fourth-order valence-electron chi connectivity index (χ4n) is 1.56. The van der Waals surface area contributed by atoms with Gasteiger partial charge in [0.2, 0.25) is 5.91 Å². The molecule has 1 amide bonds. The predicted molar refractivity (Wildman–Crippen MR) is 70.4 cm³/mol. The van der Waals surface area contributed by atoms with Gasteiger partial charge in [-0.05, 0) is 30.0 Å². The molecule has 0 aliphatic rings. The number of benzene rings is 1. The van der Waals surface area contributed by atoms with Crippen molar-refractivity contribution in [2.75, 3.05) is 0 Å². The molecule has 0 aliphatic carbocycles. The van der Waals surface area contributed by atoms with Crippen LogP contribution in [-0.2, 0) is 4.79 Å². The molecule has 1 aromatic rings. The molecule has 0 saturated carbocycles. The second-order valence-electron chi connectivity index (χ2n) is 5.63. The third-order valence-corrected chi connectivity index (χ3v) is 2.92. The molecule has 3 nitrogen and oxygen atoms in total. The second kappa shape index (κ2) is 5.48. The first kappa shape index (κ1) is 14.6. The first-order valence-electron chi connectivity index (χ1n) is 6.03. The number of rotatable bonds is 3. The first-order chi connectivity index (χ1) is 8.21. The van der Waals surface area contributed by atoms with Crippen LogP contribution in [0.15, 0.2) is 24.3 Å². The van der Waals surface area contributed by atoms with E-state index in [0.717, 1.165) is 5.56 Å². The van der Waals surface area contributed by atoms with Crippen LogP contribution in [0.1, 0.15) is 39.3 Å². The molecule has 0 bridgehead atoms. The van der Waals surface area contributed by atoms with Gasteiger partial charge in [0.05, 0.1) is 12.1 Å². The Morgan fingerprint density at radius 1 is 1.39 bits per heavy atom. The SMILES string of the molecule is C[C@@H](NC(=O)[C@@H](N)C(C)(C)C)c1cccc(F)c1. The van der Waals surface area contributed by atoms with Crippen molar-refractivity contribution in [2.24, 2.45) is 11.1 Å². The summed E-state index contributed by atoms with van der Waals surface area (Å²) in [6.45, 7) is 7.53. The van der Waals surface area contributed by atoms with Crippen LogP contribution in [-0.4, -0.2) is 11.9 Å². The van der Waals surface area contributed by atoms with E-state index in [-0.39, 0.29) is 23.2 Å². The third-order valence-electron chi connectivity index (χ3n) is 2.92. The molecule has 0 saturated heterocycles. The number of nitrogens with two attached hydrogens (primary N) is 1. The number of nitrogens with one attached hydrogen (secondary N) is 1. The molecule has 0 spiro atoms. The van der Waals surface area contributed by atoms with Gasteiger partial charge in [0.1, 0.15) is 5.82 Å². The normalized spacial score (nSPS) is 15.0. The van der Waals surface area contributed by atoms with E-state index in [9.17, 15) is 9.18 Å². The maximum Gasteiger partial charge on any atom is 0.237 e. The number of carbonyl (C=O) groups excluding carboxylic acids is 1. The van der Waals surface area contributed by atoms with Gasteiger partial charge in [-0.15, -0.1) is 0 Å². The van der Waals surface area contributed by atoms with Crippen molar-refractivity contribution < 1.29 is 9.18 Å². The minimum absolute atomic E-state index is 0.223. The fourth-order valence-corrected chi connectivity index (χ4v) is 1.56. The number of amides is 1. The molecular weight excluding hydrogens is 231 g/mol. The molecule has 0 radical (unpaired) electrons. The lowest BCUT2D eigenvalue weighted by Crippen LogP contribution is -2.49. The number of hydrogen-bond donors (Lipinski definition) is 2. The smallest absolute Gasteiger partial charge is 0.237 e. The molecule has 1 rings (SSSR count). The first-order valence-corrected chi connectivity index (χ1v) is 6.03. The molecular formula is C14H21FN2O. The van der Waals surface area contributed by atoms with Gasteiger partial charge in [-0.3, -0.25) is 4.79 Å². The highest BCUT2D eigenvalue weighted by atomic mass is 19.1.